The second-order valence-corrected chi connectivity index (χ2v) is 11.9. The third kappa shape index (κ3) is 12.4. The van der Waals surface area contributed by atoms with Crippen molar-refractivity contribution < 1.29 is 44.6 Å². The number of nitrogens with zero attached hydrogens (tertiary/aromatic N) is 3. The lowest BCUT2D eigenvalue weighted by Crippen LogP contribution is -2.32. The highest BCUT2D eigenvalue weighted by molar-refractivity contribution is 5.28. The Bertz CT molecular complexity index is 1600. The first-order valence-electron chi connectivity index (χ1n) is 15.8. The van der Waals surface area contributed by atoms with Crippen LogP contribution in [-0.2, 0) is 51.3 Å². The minimum Gasteiger partial charge on any atom is -0.396 e. The second kappa shape index (κ2) is 17.3. The fourth-order valence-electron chi connectivity index (χ4n) is 5.42. The monoisotopic (exact) mass is 712 g/mol. The van der Waals surface area contributed by atoms with E-state index in [0.717, 1.165) is 36.4 Å². The van der Waals surface area contributed by atoms with Crippen molar-refractivity contribution in [2.24, 2.45) is 0 Å². The summed E-state index contributed by atoms with van der Waals surface area (Å²) in [4.78, 5) is 8.34. The fraction of sp³-hybridized carbons (Fsp3) is 0.361. The first kappa shape index (κ1) is 38.8. The van der Waals surface area contributed by atoms with Crippen LogP contribution in [0.3, 0.4) is 0 Å². The van der Waals surface area contributed by atoms with E-state index in [2.05, 4.69) is 5.32 Å². The molecule has 14 heteroatoms. The quantitative estimate of drug-likeness (QED) is 0.0905. The molecule has 0 aliphatic heterocycles. The number of benzene rings is 3. The highest BCUT2D eigenvalue weighted by Crippen LogP contribution is 2.32. The molecule has 0 spiro atoms. The summed E-state index contributed by atoms with van der Waals surface area (Å²) in [5.41, 5.74) is -0.323. The Morgan fingerprint density at radius 2 is 0.920 bits per heavy atom. The number of aliphatic hydroxyl groups excluding tert-OH is 1. The van der Waals surface area contributed by atoms with Gasteiger partial charge in [-0.15, -0.1) is 0 Å². The van der Waals surface area contributed by atoms with E-state index in [0.29, 0.717) is 54.1 Å². The molecule has 0 atom stereocenters. The Kier molecular flexibility index (Phi) is 13.4. The third-order valence-electron chi connectivity index (χ3n) is 7.73. The SMILES string of the molecule is OCCCNCCN(Cc1cccc(C(F)(F)F)c1)Cc1cccc(CN(Cc2cccc(C(F)(F)F)c2)Cc2cccc(C(F)(F)F)c2)n1. The van der Waals surface area contributed by atoms with Crippen LogP contribution in [0.4, 0.5) is 39.5 Å². The lowest BCUT2D eigenvalue weighted by Gasteiger charge is -2.25. The summed E-state index contributed by atoms with van der Waals surface area (Å²) >= 11 is 0. The van der Waals surface area contributed by atoms with Gasteiger partial charge in [-0.05, 0) is 60.0 Å². The molecule has 3 aromatic carbocycles. The molecule has 0 bridgehead atoms. The zero-order chi connectivity index (χ0) is 36.4. The molecule has 0 fully saturated rings. The van der Waals surface area contributed by atoms with E-state index in [-0.39, 0.29) is 39.3 Å². The van der Waals surface area contributed by atoms with Crippen LogP contribution in [0, 0.1) is 0 Å². The number of aliphatic hydroxyl groups is 1. The predicted octanol–water partition coefficient (Wildman–Crippen LogP) is 8.31. The van der Waals surface area contributed by atoms with Gasteiger partial charge in [0.25, 0.3) is 0 Å². The van der Waals surface area contributed by atoms with Crippen molar-refractivity contribution in [3.63, 3.8) is 0 Å². The number of hydrogen-bond acceptors (Lipinski definition) is 5. The first-order chi connectivity index (χ1) is 23.6. The Labute approximate surface area is 284 Å². The van der Waals surface area contributed by atoms with E-state index in [1.54, 1.807) is 29.2 Å². The summed E-state index contributed by atoms with van der Waals surface area (Å²) in [5.74, 6) is 0. The van der Waals surface area contributed by atoms with Crippen molar-refractivity contribution in [2.75, 3.05) is 26.2 Å². The molecular formula is C36H37F9N4O. The molecule has 270 valence electrons. The van der Waals surface area contributed by atoms with Gasteiger partial charge in [0.15, 0.2) is 0 Å². The van der Waals surface area contributed by atoms with Crippen LogP contribution in [0.25, 0.3) is 0 Å². The molecule has 0 unspecified atom stereocenters. The summed E-state index contributed by atoms with van der Waals surface area (Å²) < 4.78 is 121. The molecule has 5 nitrogen and oxygen atoms in total. The molecule has 0 amide bonds. The van der Waals surface area contributed by atoms with E-state index in [1.807, 2.05) is 4.90 Å². The second-order valence-electron chi connectivity index (χ2n) is 11.9. The van der Waals surface area contributed by atoms with Gasteiger partial charge in [-0.1, -0.05) is 60.7 Å². The average molecular weight is 713 g/mol. The van der Waals surface area contributed by atoms with E-state index < -0.39 is 35.2 Å². The predicted molar refractivity (Wildman–Crippen MR) is 170 cm³/mol. The average Bonchev–Trinajstić information content (AvgIpc) is 3.04. The van der Waals surface area contributed by atoms with Crippen LogP contribution in [0.5, 0.6) is 0 Å². The summed E-state index contributed by atoms with van der Waals surface area (Å²) in [6, 6.07) is 19.7. The lowest BCUT2D eigenvalue weighted by atomic mass is 10.1. The van der Waals surface area contributed by atoms with Crippen LogP contribution in [0.2, 0.25) is 0 Å². The molecule has 0 aliphatic carbocycles. The molecule has 0 saturated heterocycles. The van der Waals surface area contributed by atoms with Crippen molar-refractivity contribution in [2.45, 2.75) is 57.7 Å². The van der Waals surface area contributed by atoms with Crippen molar-refractivity contribution in [3.05, 3.63) is 136 Å². The maximum atomic E-state index is 13.4. The van der Waals surface area contributed by atoms with E-state index in [1.165, 1.54) is 30.3 Å². The van der Waals surface area contributed by atoms with Gasteiger partial charge in [0.1, 0.15) is 0 Å². The van der Waals surface area contributed by atoms with Crippen LogP contribution in [0.1, 0.15) is 51.2 Å². The highest BCUT2D eigenvalue weighted by Gasteiger charge is 2.32. The van der Waals surface area contributed by atoms with Crippen LogP contribution in [0.15, 0.2) is 91.0 Å². The zero-order valence-electron chi connectivity index (χ0n) is 26.9. The van der Waals surface area contributed by atoms with Gasteiger partial charge >= 0.3 is 18.5 Å². The van der Waals surface area contributed by atoms with Gasteiger partial charge in [-0.2, -0.15) is 39.5 Å². The van der Waals surface area contributed by atoms with Crippen molar-refractivity contribution in [1.82, 2.24) is 20.1 Å². The van der Waals surface area contributed by atoms with Crippen molar-refractivity contribution >= 4 is 0 Å². The number of alkyl halides is 9. The van der Waals surface area contributed by atoms with Crippen LogP contribution in [-0.4, -0.2) is 46.1 Å². The minimum absolute atomic E-state index is 0.0101. The molecule has 0 radical (unpaired) electrons. The van der Waals surface area contributed by atoms with Crippen molar-refractivity contribution in [1.29, 1.82) is 0 Å². The van der Waals surface area contributed by atoms with Gasteiger partial charge in [0, 0.05) is 52.4 Å². The van der Waals surface area contributed by atoms with Gasteiger partial charge in [0.05, 0.1) is 28.1 Å². The molecule has 4 rings (SSSR count). The Morgan fingerprint density at radius 3 is 1.34 bits per heavy atom. The molecule has 4 aromatic rings. The zero-order valence-corrected chi connectivity index (χ0v) is 26.9. The lowest BCUT2D eigenvalue weighted by molar-refractivity contribution is -0.138. The van der Waals surface area contributed by atoms with Gasteiger partial charge in [-0.25, -0.2) is 0 Å². The topological polar surface area (TPSA) is 51.6 Å². The summed E-state index contributed by atoms with van der Waals surface area (Å²) in [5, 5.41) is 12.2. The van der Waals surface area contributed by atoms with E-state index >= 15 is 0 Å². The molecule has 50 heavy (non-hydrogen) atoms. The number of hydrogen-bond donors (Lipinski definition) is 2. The largest absolute Gasteiger partial charge is 0.416 e. The molecule has 2 N–H and O–H groups in total. The van der Waals surface area contributed by atoms with Gasteiger partial charge in [0.2, 0.25) is 0 Å². The highest BCUT2D eigenvalue weighted by atomic mass is 19.4. The third-order valence-corrected chi connectivity index (χ3v) is 7.73. The van der Waals surface area contributed by atoms with Gasteiger partial charge < -0.3 is 10.4 Å². The number of nitrogens with one attached hydrogen (secondary N) is 1. The number of rotatable bonds is 16. The first-order valence-corrected chi connectivity index (χ1v) is 15.8. The number of aromatic nitrogens is 1. The maximum Gasteiger partial charge on any atom is 0.416 e. The minimum atomic E-state index is -4.58. The Hall–Kier alpha value is -3.98. The maximum absolute atomic E-state index is 13.4. The summed E-state index contributed by atoms with van der Waals surface area (Å²) in [6.07, 6.45) is -13.1. The number of halogens is 9. The van der Waals surface area contributed by atoms with Crippen LogP contribution < -0.4 is 5.32 Å². The molecule has 0 aliphatic rings. The Morgan fingerprint density at radius 1 is 0.520 bits per heavy atom. The number of pyridine rings is 1. The van der Waals surface area contributed by atoms with Crippen LogP contribution >= 0.6 is 0 Å². The molecule has 1 heterocycles. The molecular weight excluding hydrogens is 675 g/mol. The summed E-state index contributed by atoms with van der Waals surface area (Å²) in [7, 11) is 0. The molecule has 0 saturated carbocycles. The Balaban J connectivity index is 1.57. The summed E-state index contributed by atoms with van der Waals surface area (Å²) in [6.45, 7) is 1.94. The van der Waals surface area contributed by atoms with E-state index in [9.17, 15) is 39.5 Å². The van der Waals surface area contributed by atoms with Crippen molar-refractivity contribution in [3.8, 4) is 0 Å². The fourth-order valence-corrected chi connectivity index (χ4v) is 5.42. The molecule has 1 aromatic heterocycles. The van der Waals surface area contributed by atoms with Gasteiger partial charge in [-0.3, -0.25) is 14.8 Å². The smallest absolute Gasteiger partial charge is 0.396 e. The van der Waals surface area contributed by atoms with E-state index in [4.69, 9.17) is 10.1 Å². The normalized spacial score (nSPS) is 12.6. The standard InChI is InChI=1S/C36H37F9N4O/c37-34(38,39)29-9-1-6-26(18-29)21-48(16-15-46-14-5-17-50)24-32-12-4-13-33(47-32)25-49(22-27-7-2-10-30(19-27)35(40,41)42)23-28-8-3-11-31(20-28)36(43,44)45/h1-4,6-13,18-20,46,50H,5,14-17,21-25H2.